The van der Waals surface area contributed by atoms with Crippen LogP contribution in [0.15, 0.2) is 77.0 Å². The van der Waals surface area contributed by atoms with Crippen LogP contribution >= 0.6 is 11.3 Å². The number of hydrogen-bond donors (Lipinski definition) is 2. The lowest BCUT2D eigenvalue weighted by molar-refractivity contribution is -0.139. The zero-order valence-corrected chi connectivity index (χ0v) is 18.0. The predicted molar refractivity (Wildman–Crippen MR) is 117 cm³/mol. The average molecular weight is 443 g/mol. The Kier molecular flexibility index (Phi) is 7.02. The normalized spacial score (nSPS) is 12.2. The summed E-state index contributed by atoms with van der Waals surface area (Å²) < 4.78 is 26.2. The zero-order chi connectivity index (χ0) is 21.6. The summed E-state index contributed by atoms with van der Waals surface area (Å²) in [6.07, 6.45) is 0. The number of thiophene rings is 1. The van der Waals surface area contributed by atoms with Gasteiger partial charge in [-0.15, -0.1) is 11.3 Å². The molecule has 0 spiro atoms. The van der Waals surface area contributed by atoms with E-state index in [2.05, 4.69) is 10.6 Å². The van der Waals surface area contributed by atoms with Crippen molar-refractivity contribution in [1.29, 1.82) is 0 Å². The van der Waals surface area contributed by atoms with E-state index in [1.807, 2.05) is 31.2 Å². The van der Waals surface area contributed by atoms with E-state index in [1.165, 1.54) is 23.5 Å². The van der Waals surface area contributed by atoms with E-state index in [1.54, 1.807) is 35.7 Å². The van der Waals surface area contributed by atoms with E-state index >= 15 is 0 Å². The standard InChI is InChI=1S/C22H22N2O4S2/c1-16-9-11-17(12-10-16)14-23-21(25)22(26)24-15-20(19-8-5-13-29-19)30(27,28)18-6-3-2-4-7-18/h2-13,20H,14-15H2,1H3,(H,23,25)(H,24,26)/t20-/m1/s1. The van der Waals surface area contributed by atoms with Crippen molar-refractivity contribution in [1.82, 2.24) is 10.6 Å². The van der Waals surface area contributed by atoms with Crippen LogP contribution < -0.4 is 10.6 Å². The molecule has 0 aliphatic carbocycles. The van der Waals surface area contributed by atoms with Crippen molar-refractivity contribution in [2.75, 3.05) is 6.54 Å². The first-order valence-electron chi connectivity index (χ1n) is 9.32. The van der Waals surface area contributed by atoms with Crippen LogP contribution in [0.5, 0.6) is 0 Å². The van der Waals surface area contributed by atoms with Crippen LogP contribution in [0.2, 0.25) is 0 Å². The number of hydrogen-bond acceptors (Lipinski definition) is 5. The maximum absolute atomic E-state index is 13.1. The molecule has 2 N–H and O–H groups in total. The summed E-state index contributed by atoms with van der Waals surface area (Å²) in [7, 11) is -3.74. The third kappa shape index (κ3) is 5.34. The van der Waals surface area contributed by atoms with Gasteiger partial charge in [0.2, 0.25) is 0 Å². The molecule has 30 heavy (non-hydrogen) atoms. The molecule has 6 nitrogen and oxygen atoms in total. The summed E-state index contributed by atoms with van der Waals surface area (Å²) in [6.45, 7) is 1.97. The Morgan fingerprint density at radius 3 is 2.20 bits per heavy atom. The lowest BCUT2D eigenvalue weighted by Gasteiger charge is -2.17. The molecular weight excluding hydrogens is 420 g/mol. The first-order valence-corrected chi connectivity index (χ1v) is 11.7. The van der Waals surface area contributed by atoms with Gasteiger partial charge in [-0.1, -0.05) is 54.1 Å². The van der Waals surface area contributed by atoms with Gasteiger partial charge in [-0.05, 0) is 36.1 Å². The highest BCUT2D eigenvalue weighted by molar-refractivity contribution is 7.91. The molecule has 0 unspecified atom stereocenters. The van der Waals surface area contributed by atoms with Crippen molar-refractivity contribution in [3.8, 4) is 0 Å². The van der Waals surface area contributed by atoms with E-state index in [9.17, 15) is 18.0 Å². The second-order valence-corrected chi connectivity index (χ2v) is 9.85. The molecule has 1 atom stereocenters. The number of benzene rings is 2. The zero-order valence-electron chi connectivity index (χ0n) is 16.4. The van der Waals surface area contributed by atoms with Crippen LogP contribution in [0.25, 0.3) is 0 Å². The van der Waals surface area contributed by atoms with Gasteiger partial charge in [-0.25, -0.2) is 8.42 Å². The van der Waals surface area contributed by atoms with Gasteiger partial charge in [0.1, 0.15) is 5.25 Å². The van der Waals surface area contributed by atoms with Gasteiger partial charge in [-0.3, -0.25) is 9.59 Å². The van der Waals surface area contributed by atoms with Crippen molar-refractivity contribution in [2.24, 2.45) is 0 Å². The first kappa shape index (κ1) is 21.7. The lowest BCUT2D eigenvalue weighted by atomic mass is 10.1. The smallest absolute Gasteiger partial charge is 0.309 e. The van der Waals surface area contributed by atoms with Crippen molar-refractivity contribution < 1.29 is 18.0 Å². The van der Waals surface area contributed by atoms with Crippen molar-refractivity contribution in [3.63, 3.8) is 0 Å². The van der Waals surface area contributed by atoms with Crippen LogP contribution in [0.1, 0.15) is 21.3 Å². The number of carbonyl (C=O) groups excluding carboxylic acids is 2. The Hall–Kier alpha value is -2.97. The van der Waals surface area contributed by atoms with E-state index in [0.717, 1.165) is 11.1 Å². The van der Waals surface area contributed by atoms with Crippen molar-refractivity contribution in [2.45, 2.75) is 23.6 Å². The Morgan fingerprint density at radius 2 is 1.57 bits per heavy atom. The van der Waals surface area contributed by atoms with Crippen molar-refractivity contribution >= 4 is 33.0 Å². The van der Waals surface area contributed by atoms with E-state index in [4.69, 9.17) is 0 Å². The van der Waals surface area contributed by atoms with E-state index in [-0.39, 0.29) is 18.0 Å². The van der Waals surface area contributed by atoms with Crippen LogP contribution in [0, 0.1) is 6.92 Å². The molecule has 156 valence electrons. The fraction of sp³-hybridized carbons (Fsp3) is 0.182. The molecule has 8 heteroatoms. The Bertz CT molecular complexity index is 1090. The number of nitrogens with one attached hydrogen (secondary N) is 2. The number of amides is 2. The molecule has 0 aliphatic heterocycles. The summed E-state index contributed by atoms with van der Waals surface area (Å²) >= 11 is 1.29. The molecule has 0 fully saturated rings. The molecule has 2 aromatic carbocycles. The second-order valence-electron chi connectivity index (χ2n) is 6.74. The Labute approximate surface area is 179 Å². The second kappa shape index (κ2) is 9.69. The molecular formula is C22H22N2O4S2. The molecule has 0 aliphatic rings. The van der Waals surface area contributed by atoms with Crippen LogP contribution in [-0.4, -0.2) is 26.8 Å². The Balaban J connectivity index is 1.66. The molecule has 1 heterocycles. The molecule has 0 bridgehead atoms. The molecule has 2 amide bonds. The summed E-state index contributed by atoms with van der Waals surface area (Å²) in [5.41, 5.74) is 1.96. The van der Waals surface area contributed by atoms with Gasteiger partial charge in [0.05, 0.1) is 4.90 Å². The summed E-state index contributed by atoms with van der Waals surface area (Å²) in [5, 5.41) is 5.82. The van der Waals surface area contributed by atoms with Crippen LogP contribution in [0.3, 0.4) is 0 Å². The number of sulfone groups is 1. The molecule has 3 aromatic rings. The molecule has 0 saturated carbocycles. The molecule has 0 radical (unpaired) electrons. The third-order valence-electron chi connectivity index (χ3n) is 4.53. The van der Waals surface area contributed by atoms with Gasteiger partial charge in [0, 0.05) is 18.0 Å². The first-order chi connectivity index (χ1) is 14.4. The van der Waals surface area contributed by atoms with Gasteiger partial charge < -0.3 is 10.6 Å². The summed E-state index contributed by atoms with van der Waals surface area (Å²) in [6, 6.07) is 19.1. The minimum absolute atomic E-state index is 0.168. The maximum Gasteiger partial charge on any atom is 0.309 e. The minimum Gasteiger partial charge on any atom is -0.346 e. The highest BCUT2D eigenvalue weighted by Crippen LogP contribution is 2.31. The summed E-state index contributed by atoms with van der Waals surface area (Å²) in [5.74, 6) is -1.68. The van der Waals surface area contributed by atoms with E-state index in [0.29, 0.717) is 4.88 Å². The number of aryl methyl sites for hydroxylation is 1. The molecule has 1 aromatic heterocycles. The van der Waals surface area contributed by atoms with Crippen molar-refractivity contribution in [3.05, 3.63) is 88.1 Å². The molecule has 3 rings (SSSR count). The largest absolute Gasteiger partial charge is 0.346 e. The maximum atomic E-state index is 13.1. The summed E-state index contributed by atoms with van der Waals surface area (Å²) in [4.78, 5) is 25.1. The molecule has 0 saturated heterocycles. The van der Waals surface area contributed by atoms with Crippen LogP contribution in [-0.2, 0) is 26.0 Å². The van der Waals surface area contributed by atoms with Gasteiger partial charge >= 0.3 is 11.8 Å². The highest BCUT2D eigenvalue weighted by atomic mass is 32.2. The Morgan fingerprint density at radius 1 is 0.900 bits per heavy atom. The van der Waals surface area contributed by atoms with Gasteiger partial charge in [0.15, 0.2) is 9.84 Å². The van der Waals surface area contributed by atoms with Crippen LogP contribution in [0.4, 0.5) is 0 Å². The predicted octanol–water partition coefficient (Wildman–Crippen LogP) is 3.00. The monoisotopic (exact) mass is 442 g/mol. The number of rotatable bonds is 7. The quantitative estimate of drug-likeness (QED) is 0.550. The lowest BCUT2D eigenvalue weighted by Crippen LogP contribution is -2.42. The third-order valence-corrected chi connectivity index (χ3v) is 7.77. The average Bonchev–Trinajstić information content (AvgIpc) is 3.28. The topological polar surface area (TPSA) is 92.3 Å². The SMILES string of the molecule is Cc1ccc(CNC(=O)C(=O)NC[C@H](c2cccs2)S(=O)(=O)c2ccccc2)cc1. The van der Waals surface area contributed by atoms with Gasteiger partial charge in [-0.2, -0.15) is 0 Å². The highest BCUT2D eigenvalue weighted by Gasteiger charge is 2.31. The van der Waals surface area contributed by atoms with Gasteiger partial charge in [0.25, 0.3) is 0 Å². The number of carbonyl (C=O) groups is 2. The van der Waals surface area contributed by atoms with E-state index < -0.39 is 26.9 Å². The fourth-order valence-corrected chi connectivity index (χ4v) is 5.65. The fourth-order valence-electron chi connectivity index (χ4n) is 2.85. The minimum atomic E-state index is -3.74.